The van der Waals surface area contributed by atoms with Crippen molar-refractivity contribution in [3.8, 4) is 0 Å². The van der Waals surface area contributed by atoms with E-state index in [1.54, 1.807) is 58.3 Å². The van der Waals surface area contributed by atoms with E-state index in [0.717, 1.165) is 11.4 Å². The van der Waals surface area contributed by atoms with Crippen LogP contribution in [0.15, 0.2) is 109 Å². The lowest BCUT2D eigenvalue weighted by Gasteiger charge is -2.28. The van der Waals surface area contributed by atoms with Gasteiger partial charge in [-0.1, -0.05) is 71.7 Å². The molecule has 0 unspecified atom stereocenters. The summed E-state index contributed by atoms with van der Waals surface area (Å²) in [6.45, 7) is 0.549. The van der Waals surface area contributed by atoms with Gasteiger partial charge in [0.05, 0.1) is 0 Å². The van der Waals surface area contributed by atoms with Gasteiger partial charge in [0, 0.05) is 45.6 Å². The highest BCUT2D eigenvalue weighted by Gasteiger charge is 2.23. The largest absolute Gasteiger partial charge is 0.307 e. The van der Waals surface area contributed by atoms with E-state index in [-0.39, 0.29) is 24.9 Å². The van der Waals surface area contributed by atoms with Gasteiger partial charge in [-0.05, 0) is 60.7 Å². The second-order valence-corrected chi connectivity index (χ2v) is 8.48. The van der Waals surface area contributed by atoms with Crippen LogP contribution in [0.3, 0.4) is 0 Å². The summed E-state index contributed by atoms with van der Waals surface area (Å²) in [5.41, 5.74) is 2.42. The van der Waals surface area contributed by atoms with Crippen LogP contribution < -0.4 is 9.80 Å². The van der Waals surface area contributed by atoms with E-state index in [2.05, 4.69) is 0 Å². The molecule has 0 N–H and O–H groups in total. The molecular formula is C28H22Cl2N2O2. The van der Waals surface area contributed by atoms with Crippen molar-refractivity contribution in [1.82, 2.24) is 0 Å². The number of hydrogen-bond acceptors (Lipinski definition) is 2. The molecule has 4 aromatic rings. The number of rotatable bonds is 7. The van der Waals surface area contributed by atoms with Gasteiger partial charge in [0.15, 0.2) is 0 Å². The molecule has 0 fully saturated rings. The molecule has 0 atom stereocenters. The van der Waals surface area contributed by atoms with Gasteiger partial charge in [0.2, 0.25) is 0 Å². The molecule has 0 bridgehead atoms. The van der Waals surface area contributed by atoms with E-state index in [1.807, 2.05) is 60.7 Å². The molecule has 0 saturated heterocycles. The van der Waals surface area contributed by atoms with Crippen LogP contribution in [0.25, 0.3) is 0 Å². The molecule has 0 heterocycles. The quantitative estimate of drug-likeness (QED) is 0.281. The fraction of sp³-hybridized carbons (Fsp3) is 0.0714. The Morgan fingerprint density at radius 1 is 0.529 bits per heavy atom. The molecule has 0 saturated carbocycles. The summed E-state index contributed by atoms with van der Waals surface area (Å²) in [4.78, 5) is 30.3. The predicted molar refractivity (Wildman–Crippen MR) is 139 cm³/mol. The number of benzene rings is 4. The summed E-state index contributed by atoms with van der Waals surface area (Å²) in [5, 5.41) is 0.974. The van der Waals surface area contributed by atoms with Crippen LogP contribution in [0.5, 0.6) is 0 Å². The first-order chi connectivity index (χ1) is 16.5. The van der Waals surface area contributed by atoms with E-state index < -0.39 is 0 Å². The minimum Gasteiger partial charge on any atom is -0.307 e. The van der Waals surface area contributed by atoms with Crippen LogP contribution in [0.4, 0.5) is 11.4 Å². The second kappa shape index (κ2) is 11.0. The van der Waals surface area contributed by atoms with Crippen molar-refractivity contribution in [2.24, 2.45) is 0 Å². The normalized spacial score (nSPS) is 10.5. The van der Waals surface area contributed by atoms with Crippen molar-refractivity contribution in [2.45, 2.75) is 0 Å². The van der Waals surface area contributed by atoms with Crippen LogP contribution in [0, 0.1) is 0 Å². The van der Waals surface area contributed by atoms with Crippen LogP contribution in [-0.4, -0.2) is 24.9 Å². The summed E-state index contributed by atoms with van der Waals surface area (Å²) in [6, 6.07) is 32.5. The molecule has 4 aromatic carbocycles. The van der Waals surface area contributed by atoms with Gasteiger partial charge in [-0.3, -0.25) is 9.59 Å². The number of nitrogens with zero attached hydrogens (tertiary/aromatic N) is 2. The van der Waals surface area contributed by atoms with Crippen molar-refractivity contribution in [1.29, 1.82) is 0 Å². The highest BCUT2D eigenvalue weighted by molar-refractivity contribution is 6.31. The zero-order valence-corrected chi connectivity index (χ0v) is 19.8. The maximum absolute atomic E-state index is 13.5. The molecule has 0 aliphatic heterocycles. The van der Waals surface area contributed by atoms with E-state index in [1.165, 1.54) is 0 Å². The minimum atomic E-state index is -0.197. The van der Waals surface area contributed by atoms with Crippen molar-refractivity contribution < 1.29 is 9.59 Å². The summed E-state index contributed by atoms with van der Waals surface area (Å²) in [5.74, 6) is -0.395. The lowest BCUT2D eigenvalue weighted by atomic mass is 10.1. The number of anilines is 2. The molecule has 170 valence electrons. The first-order valence-corrected chi connectivity index (χ1v) is 11.5. The average Bonchev–Trinajstić information content (AvgIpc) is 2.87. The third-order valence-corrected chi connectivity index (χ3v) is 5.79. The SMILES string of the molecule is O=C(c1cccc(Cl)c1)N(CCN(C(=O)c1cccc(Cl)c1)c1ccccc1)c1ccccc1. The highest BCUT2D eigenvalue weighted by atomic mass is 35.5. The van der Waals surface area contributed by atoms with E-state index in [9.17, 15) is 9.59 Å². The Hall–Kier alpha value is -3.60. The molecule has 6 heteroatoms. The van der Waals surface area contributed by atoms with Gasteiger partial charge in [-0.15, -0.1) is 0 Å². The van der Waals surface area contributed by atoms with Gasteiger partial charge in [0.25, 0.3) is 11.8 Å². The maximum Gasteiger partial charge on any atom is 0.258 e. The molecule has 34 heavy (non-hydrogen) atoms. The van der Waals surface area contributed by atoms with Crippen molar-refractivity contribution >= 4 is 46.4 Å². The average molecular weight is 489 g/mol. The Balaban J connectivity index is 1.66. The van der Waals surface area contributed by atoms with Crippen molar-refractivity contribution in [3.63, 3.8) is 0 Å². The molecular weight excluding hydrogens is 467 g/mol. The Morgan fingerprint density at radius 2 is 0.912 bits per heavy atom. The summed E-state index contributed by atoms with van der Waals surface area (Å²) < 4.78 is 0. The second-order valence-electron chi connectivity index (χ2n) is 7.61. The fourth-order valence-electron chi connectivity index (χ4n) is 3.67. The number of halogens is 2. The lowest BCUT2D eigenvalue weighted by molar-refractivity contribution is 0.0968. The van der Waals surface area contributed by atoms with E-state index in [0.29, 0.717) is 21.2 Å². The highest BCUT2D eigenvalue weighted by Crippen LogP contribution is 2.22. The molecule has 4 nitrogen and oxygen atoms in total. The van der Waals surface area contributed by atoms with Gasteiger partial charge in [-0.2, -0.15) is 0 Å². The monoisotopic (exact) mass is 488 g/mol. The molecule has 0 radical (unpaired) electrons. The topological polar surface area (TPSA) is 40.6 Å². The number of para-hydroxylation sites is 2. The van der Waals surface area contributed by atoms with Gasteiger partial charge in [0.1, 0.15) is 0 Å². The minimum absolute atomic E-state index is 0.197. The number of carbonyl (C=O) groups is 2. The van der Waals surface area contributed by atoms with Crippen molar-refractivity contribution in [3.05, 3.63) is 130 Å². The zero-order chi connectivity index (χ0) is 23.9. The van der Waals surface area contributed by atoms with Crippen LogP contribution in [-0.2, 0) is 0 Å². The number of hydrogen-bond donors (Lipinski definition) is 0. The maximum atomic E-state index is 13.5. The van der Waals surface area contributed by atoms with Gasteiger partial charge >= 0.3 is 0 Å². The van der Waals surface area contributed by atoms with Crippen LogP contribution in [0.2, 0.25) is 10.0 Å². The molecule has 2 amide bonds. The Morgan fingerprint density at radius 3 is 1.26 bits per heavy atom. The summed E-state index contributed by atoms with van der Waals surface area (Å²) >= 11 is 12.3. The molecule has 4 rings (SSSR count). The number of carbonyl (C=O) groups excluding carboxylic acids is 2. The zero-order valence-electron chi connectivity index (χ0n) is 18.3. The Bertz CT molecular complexity index is 1180. The Labute approximate surface area is 209 Å². The third kappa shape index (κ3) is 5.66. The third-order valence-electron chi connectivity index (χ3n) is 5.32. The van der Waals surface area contributed by atoms with E-state index in [4.69, 9.17) is 23.2 Å². The fourth-order valence-corrected chi connectivity index (χ4v) is 4.05. The standard InChI is InChI=1S/C28H22Cl2N2O2/c29-23-11-7-9-21(19-23)27(33)31(25-13-3-1-4-14-25)17-18-32(26-15-5-2-6-16-26)28(34)22-10-8-12-24(30)20-22/h1-16,19-20H,17-18H2. The smallest absolute Gasteiger partial charge is 0.258 e. The summed E-state index contributed by atoms with van der Waals surface area (Å²) in [6.07, 6.45) is 0. The molecule has 0 aliphatic carbocycles. The summed E-state index contributed by atoms with van der Waals surface area (Å²) in [7, 11) is 0. The molecule has 0 spiro atoms. The Kier molecular flexibility index (Phi) is 7.63. The lowest BCUT2D eigenvalue weighted by Crippen LogP contribution is -2.41. The first kappa shape index (κ1) is 23.6. The first-order valence-electron chi connectivity index (χ1n) is 10.8. The number of amides is 2. The van der Waals surface area contributed by atoms with Gasteiger partial charge < -0.3 is 9.80 Å². The van der Waals surface area contributed by atoms with Gasteiger partial charge in [-0.25, -0.2) is 0 Å². The van der Waals surface area contributed by atoms with Crippen LogP contribution in [0.1, 0.15) is 20.7 Å². The molecule has 0 aromatic heterocycles. The molecule has 0 aliphatic rings. The van der Waals surface area contributed by atoms with E-state index >= 15 is 0 Å². The predicted octanol–water partition coefficient (Wildman–Crippen LogP) is 6.99. The van der Waals surface area contributed by atoms with Crippen molar-refractivity contribution in [2.75, 3.05) is 22.9 Å². The van der Waals surface area contributed by atoms with Crippen LogP contribution >= 0.6 is 23.2 Å².